The van der Waals surface area contributed by atoms with Gasteiger partial charge in [0.25, 0.3) is 0 Å². The number of ether oxygens (including phenoxy) is 2. The molecule has 0 saturated carbocycles. The van der Waals surface area contributed by atoms with Crippen LogP contribution in [0.4, 0.5) is 0 Å². The molecule has 1 saturated heterocycles. The zero-order chi connectivity index (χ0) is 23.0. The molecule has 1 aliphatic heterocycles. The molecule has 1 N–H and O–H groups in total. The Labute approximate surface area is 190 Å². The summed E-state index contributed by atoms with van der Waals surface area (Å²) in [4.78, 5) is 13.1. The third-order valence-electron chi connectivity index (χ3n) is 5.43. The molecule has 7 nitrogen and oxygen atoms in total. The number of benzene rings is 2. The topological polar surface area (TPSA) is 84.9 Å². The second kappa shape index (κ2) is 11.3. The molecule has 32 heavy (non-hydrogen) atoms. The molecule has 1 atom stereocenters. The summed E-state index contributed by atoms with van der Waals surface area (Å²) in [5.41, 5.74) is 1.01. The normalized spacial score (nSPS) is 17.0. The first-order chi connectivity index (χ1) is 15.5. The van der Waals surface area contributed by atoms with Crippen molar-refractivity contribution < 1.29 is 22.7 Å². The van der Waals surface area contributed by atoms with Crippen LogP contribution in [0, 0.1) is 0 Å². The fourth-order valence-corrected chi connectivity index (χ4v) is 5.56. The molecule has 0 radical (unpaired) electrons. The molecule has 0 bridgehead atoms. The van der Waals surface area contributed by atoms with E-state index in [0.29, 0.717) is 50.6 Å². The van der Waals surface area contributed by atoms with Crippen LogP contribution in [0.1, 0.15) is 38.7 Å². The van der Waals surface area contributed by atoms with E-state index >= 15 is 0 Å². The van der Waals surface area contributed by atoms with Gasteiger partial charge in [0, 0.05) is 13.1 Å². The van der Waals surface area contributed by atoms with Gasteiger partial charge < -0.3 is 14.8 Å². The van der Waals surface area contributed by atoms with Gasteiger partial charge in [-0.05, 0) is 62.9 Å². The Morgan fingerprint density at radius 1 is 1.03 bits per heavy atom. The maximum Gasteiger partial charge on any atom is 0.243 e. The molecule has 0 aromatic heterocycles. The van der Waals surface area contributed by atoms with E-state index in [9.17, 15) is 13.2 Å². The molecule has 1 amide bonds. The number of rotatable bonds is 10. The SMILES string of the molecule is CCOc1ccc(CCNC(=O)C2CCCCN2S(=O)(=O)c2ccccc2)cc1OCC. The van der Waals surface area contributed by atoms with Gasteiger partial charge in [0.15, 0.2) is 11.5 Å². The molecule has 1 unspecified atom stereocenters. The number of carbonyl (C=O) groups excluding carboxylic acids is 1. The van der Waals surface area contributed by atoms with Gasteiger partial charge in [-0.2, -0.15) is 4.31 Å². The molecular formula is C24H32N2O5S. The molecule has 1 aliphatic rings. The van der Waals surface area contributed by atoms with Crippen LogP contribution in [0.25, 0.3) is 0 Å². The number of nitrogens with one attached hydrogen (secondary N) is 1. The molecule has 2 aromatic rings. The molecule has 174 valence electrons. The summed E-state index contributed by atoms with van der Waals surface area (Å²) in [7, 11) is -3.71. The van der Waals surface area contributed by atoms with Crippen molar-refractivity contribution in [3.63, 3.8) is 0 Å². The van der Waals surface area contributed by atoms with Crippen molar-refractivity contribution in [1.82, 2.24) is 9.62 Å². The van der Waals surface area contributed by atoms with Crippen molar-refractivity contribution in [3.8, 4) is 11.5 Å². The summed E-state index contributed by atoms with van der Waals surface area (Å²) in [5.74, 6) is 1.14. The lowest BCUT2D eigenvalue weighted by atomic mass is 10.0. The summed E-state index contributed by atoms with van der Waals surface area (Å²) in [5, 5.41) is 2.93. The highest BCUT2D eigenvalue weighted by atomic mass is 32.2. The van der Waals surface area contributed by atoms with Gasteiger partial charge in [-0.15, -0.1) is 0 Å². The van der Waals surface area contributed by atoms with Crippen LogP contribution in [0.2, 0.25) is 0 Å². The van der Waals surface area contributed by atoms with Crippen LogP contribution in [0.15, 0.2) is 53.4 Å². The van der Waals surface area contributed by atoms with Crippen molar-refractivity contribution in [2.75, 3.05) is 26.3 Å². The number of carbonyl (C=O) groups is 1. The fourth-order valence-electron chi connectivity index (χ4n) is 3.88. The predicted octanol–water partition coefficient (Wildman–Crippen LogP) is 3.39. The first-order valence-electron chi connectivity index (χ1n) is 11.2. The summed E-state index contributed by atoms with van der Waals surface area (Å²) in [6, 6.07) is 13.4. The van der Waals surface area contributed by atoms with Crippen molar-refractivity contribution in [1.29, 1.82) is 0 Å². The molecule has 0 spiro atoms. The summed E-state index contributed by atoms with van der Waals surface area (Å²) >= 11 is 0. The Balaban J connectivity index is 1.64. The van der Waals surface area contributed by atoms with Crippen LogP contribution in [-0.2, 0) is 21.2 Å². The monoisotopic (exact) mass is 460 g/mol. The number of hydrogen-bond acceptors (Lipinski definition) is 5. The van der Waals surface area contributed by atoms with Crippen LogP contribution >= 0.6 is 0 Å². The van der Waals surface area contributed by atoms with Crippen molar-refractivity contribution in [2.24, 2.45) is 0 Å². The maximum absolute atomic E-state index is 13.1. The van der Waals surface area contributed by atoms with Gasteiger partial charge in [-0.25, -0.2) is 8.42 Å². The smallest absolute Gasteiger partial charge is 0.243 e. The number of amides is 1. The first kappa shape index (κ1) is 24.1. The molecular weight excluding hydrogens is 428 g/mol. The van der Waals surface area contributed by atoms with Crippen molar-refractivity contribution in [2.45, 2.75) is 50.5 Å². The molecule has 0 aliphatic carbocycles. The van der Waals surface area contributed by atoms with Gasteiger partial charge in [0.05, 0.1) is 18.1 Å². The van der Waals surface area contributed by atoms with Gasteiger partial charge in [0.2, 0.25) is 15.9 Å². The average molecular weight is 461 g/mol. The van der Waals surface area contributed by atoms with Gasteiger partial charge in [-0.3, -0.25) is 4.79 Å². The van der Waals surface area contributed by atoms with E-state index in [1.165, 1.54) is 4.31 Å². The Morgan fingerprint density at radius 2 is 1.75 bits per heavy atom. The Kier molecular flexibility index (Phi) is 8.53. The highest BCUT2D eigenvalue weighted by molar-refractivity contribution is 7.89. The first-order valence-corrected chi connectivity index (χ1v) is 12.6. The fraction of sp³-hybridized carbons (Fsp3) is 0.458. The van der Waals surface area contributed by atoms with E-state index in [2.05, 4.69) is 5.32 Å². The molecule has 2 aromatic carbocycles. The van der Waals surface area contributed by atoms with E-state index < -0.39 is 16.1 Å². The second-order valence-corrected chi connectivity index (χ2v) is 9.52. The predicted molar refractivity (Wildman–Crippen MR) is 123 cm³/mol. The van der Waals surface area contributed by atoms with Gasteiger partial charge in [-0.1, -0.05) is 30.7 Å². The lowest BCUT2D eigenvalue weighted by Gasteiger charge is -2.33. The summed E-state index contributed by atoms with van der Waals surface area (Å²) in [6.45, 7) is 5.70. The third-order valence-corrected chi connectivity index (χ3v) is 7.35. The maximum atomic E-state index is 13.1. The van der Waals surface area contributed by atoms with Crippen LogP contribution in [-0.4, -0.2) is 51.0 Å². The number of piperidine rings is 1. The van der Waals surface area contributed by atoms with Crippen LogP contribution < -0.4 is 14.8 Å². The van der Waals surface area contributed by atoms with E-state index in [0.717, 1.165) is 18.4 Å². The van der Waals surface area contributed by atoms with E-state index in [4.69, 9.17) is 9.47 Å². The Bertz CT molecular complexity index is 995. The largest absolute Gasteiger partial charge is 0.490 e. The number of nitrogens with zero attached hydrogens (tertiary/aromatic N) is 1. The lowest BCUT2D eigenvalue weighted by molar-refractivity contribution is -0.125. The van der Waals surface area contributed by atoms with Crippen LogP contribution in [0.3, 0.4) is 0 Å². The Hall–Kier alpha value is -2.58. The number of hydrogen-bond donors (Lipinski definition) is 1. The summed E-state index contributed by atoms with van der Waals surface area (Å²) < 4.78 is 38.8. The quantitative estimate of drug-likeness (QED) is 0.588. The second-order valence-electron chi connectivity index (χ2n) is 7.63. The van der Waals surface area contributed by atoms with Gasteiger partial charge >= 0.3 is 0 Å². The third kappa shape index (κ3) is 5.81. The minimum atomic E-state index is -3.71. The van der Waals surface area contributed by atoms with Crippen LogP contribution in [0.5, 0.6) is 11.5 Å². The zero-order valence-electron chi connectivity index (χ0n) is 18.7. The van der Waals surface area contributed by atoms with Gasteiger partial charge in [0.1, 0.15) is 6.04 Å². The van der Waals surface area contributed by atoms with Crippen molar-refractivity contribution >= 4 is 15.9 Å². The minimum Gasteiger partial charge on any atom is -0.490 e. The molecule has 8 heteroatoms. The molecule has 1 heterocycles. The highest BCUT2D eigenvalue weighted by Gasteiger charge is 2.37. The van der Waals surface area contributed by atoms with E-state index in [1.54, 1.807) is 30.3 Å². The average Bonchev–Trinajstić information content (AvgIpc) is 2.81. The Morgan fingerprint density at radius 3 is 2.47 bits per heavy atom. The highest BCUT2D eigenvalue weighted by Crippen LogP contribution is 2.29. The van der Waals surface area contributed by atoms with E-state index in [-0.39, 0.29) is 10.8 Å². The van der Waals surface area contributed by atoms with E-state index in [1.807, 2.05) is 32.0 Å². The lowest BCUT2D eigenvalue weighted by Crippen LogP contribution is -2.52. The summed E-state index contributed by atoms with van der Waals surface area (Å²) in [6.07, 6.45) is 2.71. The van der Waals surface area contributed by atoms with Crippen molar-refractivity contribution in [3.05, 3.63) is 54.1 Å². The zero-order valence-corrected chi connectivity index (χ0v) is 19.6. The standard InChI is InChI=1S/C24H32N2O5S/c1-3-30-22-14-13-19(18-23(22)31-4-2)15-16-25-24(27)21-12-8-9-17-26(21)32(28,29)20-10-6-5-7-11-20/h5-7,10-11,13-14,18,21H,3-4,8-9,12,15-17H2,1-2H3,(H,25,27). The molecule has 1 fully saturated rings. The minimum absolute atomic E-state index is 0.220. The molecule has 3 rings (SSSR count). The number of sulfonamides is 1.